The Hall–Kier alpha value is -1.38. The fourth-order valence-electron chi connectivity index (χ4n) is 1.34. The van der Waals surface area contributed by atoms with Crippen molar-refractivity contribution in [2.45, 2.75) is 24.3 Å². The molecule has 102 valence electrons. The maximum Gasteiger partial charge on any atom is 0.267 e. The van der Waals surface area contributed by atoms with Gasteiger partial charge in [0.25, 0.3) is 5.91 Å². The van der Waals surface area contributed by atoms with Crippen molar-refractivity contribution in [1.29, 1.82) is 0 Å². The van der Waals surface area contributed by atoms with Crippen molar-refractivity contribution in [3.05, 3.63) is 18.0 Å². The van der Waals surface area contributed by atoms with Crippen molar-refractivity contribution in [2.24, 2.45) is 5.14 Å². The molecule has 4 N–H and O–H groups in total. The van der Waals surface area contributed by atoms with Crippen LogP contribution < -0.4 is 10.5 Å². The van der Waals surface area contributed by atoms with Crippen LogP contribution in [0.3, 0.4) is 0 Å². The second kappa shape index (κ2) is 5.98. The minimum Gasteiger partial charge on any atom is -0.385 e. The zero-order valence-corrected chi connectivity index (χ0v) is 11.1. The van der Waals surface area contributed by atoms with Gasteiger partial charge >= 0.3 is 0 Å². The van der Waals surface area contributed by atoms with E-state index >= 15 is 0 Å². The second-order valence-corrected chi connectivity index (χ2v) is 5.51. The van der Waals surface area contributed by atoms with Crippen LogP contribution in [-0.4, -0.2) is 39.1 Å². The SMILES string of the molecule is COCCC(C)NC(=O)c1cc(S(N)(=O)=O)c[nH]1. The molecular formula is C10H17N3O4S. The highest BCUT2D eigenvalue weighted by molar-refractivity contribution is 7.89. The molecule has 0 spiro atoms. The van der Waals surface area contributed by atoms with Crippen molar-refractivity contribution < 1.29 is 17.9 Å². The number of nitrogens with one attached hydrogen (secondary N) is 2. The smallest absolute Gasteiger partial charge is 0.267 e. The van der Waals surface area contributed by atoms with Crippen LogP contribution in [0.1, 0.15) is 23.8 Å². The fourth-order valence-corrected chi connectivity index (χ4v) is 1.84. The summed E-state index contributed by atoms with van der Waals surface area (Å²) in [6.45, 7) is 2.37. The first-order valence-electron chi connectivity index (χ1n) is 5.35. The third-order valence-electron chi connectivity index (χ3n) is 2.36. The molecule has 1 aromatic heterocycles. The van der Waals surface area contributed by atoms with E-state index in [9.17, 15) is 13.2 Å². The average molecular weight is 275 g/mol. The molecule has 18 heavy (non-hydrogen) atoms. The number of H-pyrrole nitrogens is 1. The Morgan fingerprint density at radius 3 is 2.78 bits per heavy atom. The number of carbonyl (C=O) groups is 1. The molecule has 1 aromatic rings. The maximum atomic E-state index is 11.7. The number of primary sulfonamides is 1. The first-order valence-corrected chi connectivity index (χ1v) is 6.90. The Balaban J connectivity index is 2.65. The lowest BCUT2D eigenvalue weighted by molar-refractivity contribution is 0.0925. The fraction of sp³-hybridized carbons (Fsp3) is 0.500. The van der Waals surface area contributed by atoms with Gasteiger partial charge in [0, 0.05) is 26.0 Å². The first-order chi connectivity index (χ1) is 8.34. The van der Waals surface area contributed by atoms with Crippen LogP contribution in [0, 0.1) is 0 Å². The molecule has 1 atom stereocenters. The van der Waals surface area contributed by atoms with Crippen molar-refractivity contribution in [3.8, 4) is 0 Å². The normalized spacial score (nSPS) is 13.3. The van der Waals surface area contributed by atoms with Crippen LogP contribution in [0.25, 0.3) is 0 Å². The number of methoxy groups -OCH3 is 1. The van der Waals surface area contributed by atoms with E-state index in [0.29, 0.717) is 13.0 Å². The van der Waals surface area contributed by atoms with Gasteiger partial charge in [0.1, 0.15) is 5.69 Å². The van der Waals surface area contributed by atoms with Crippen LogP contribution in [-0.2, 0) is 14.8 Å². The number of carbonyl (C=O) groups excluding carboxylic acids is 1. The topological polar surface area (TPSA) is 114 Å². The van der Waals surface area contributed by atoms with Crippen LogP contribution in [0.5, 0.6) is 0 Å². The minimum absolute atomic E-state index is 0.0707. The molecular weight excluding hydrogens is 258 g/mol. The molecule has 8 heteroatoms. The van der Waals surface area contributed by atoms with E-state index in [-0.39, 0.29) is 22.5 Å². The Morgan fingerprint density at radius 2 is 2.28 bits per heavy atom. The molecule has 0 fully saturated rings. The number of amides is 1. The summed E-state index contributed by atoms with van der Waals surface area (Å²) in [5.74, 6) is -0.381. The molecule has 1 heterocycles. The lowest BCUT2D eigenvalue weighted by atomic mass is 10.2. The summed E-state index contributed by atoms with van der Waals surface area (Å²) in [6, 6.07) is 1.13. The van der Waals surface area contributed by atoms with Gasteiger partial charge in [0.05, 0.1) is 4.90 Å². The van der Waals surface area contributed by atoms with Crippen molar-refractivity contribution in [2.75, 3.05) is 13.7 Å². The summed E-state index contributed by atoms with van der Waals surface area (Å²) in [5.41, 5.74) is 0.156. The zero-order valence-electron chi connectivity index (χ0n) is 10.3. The van der Waals surface area contributed by atoms with E-state index in [0.717, 1.165) is 0 Å². The Kier molecular flexibility index (Phi) is 4.88. The van der Waals surface area contributed by atoms with E-state index in [1.807, 2.05) is 6.92 Å². The molecule has 1 rings (SSSR count). The van der Waals surface area contributed by atoms with E-state index < -0.39 is 10.0 Å². The van der Waals surface area contributed by atoms with Gasteiger partial charge in [-0.1, -0.05) is 0 Å². The standard InChI is InChI=1S/C10H17N3O4S/c1-7(3-4-17-2)13-10(14)9-5-8(6-12-9)18(11,15)16/h5-7,12H,3-4H2,1-2H3,(H,13,14)(H2,11,15,16). The second-order valence-electron chi connectivity index (χ2n) is 3.95. The molecule has 1 amide bonds. The molecule has 0 saturated heterocycles. The highest BCUT2D eigenvalue weighted by atomic mass is 32.2. The lowest BCUT2D eigenvalue weighted by Crippen LogP contribution is -2.33. The van der Waals surface area contributed by atoms with Crippen molar-refractivity contribution in [3.63, 3.8) is 0 Å². The van der Waals surface area contributed by atoms with Crippen LogP contribution in [0.4, 0.5) is 0 Å². The summed E-state index contributed by atoms with van der Waals surface area (Å²) >= 11 is 0. The highest BCUT2D eigenvalue weighted by Gasteiger charge is 2.15. The number of hydrogen-bond donors (Lipinski definition) is 3. The summed E-state index contributed by atoms with van der Waals surface area (Å²) in [6.07, 6.45) is 1.86. The molecule has 0 aliphatic carbocycles. The first kappa shape index (κ1) is 14.7. The molecule has 0 saturated carbocycles. The van der Waals surface area contributed by atoms with E-state index in [4.69, 9.17) is 9.88 Å². The van der Waals surface area contributed by atoms with Gasteiger partial charge in [-0.3, -0.25) is 4.79 Å². The van der Waals surface area contributed by atoms with Gasteiger partial charge in [-0.15, -0.1) is 0 Å². The Morgan fingerprint density at radius 1 is 1.61 bits per heavy atom. The summed E-state index contributed by atoms with van der Waals surface area (Å²) in [5, 5.41) is 7.65. The predicted octanol–water partition coefficient (Wildman–Crippen LogP) is -0.183. The lowest BCUT2D eigenvalue weighted by Gasteiger charge is -2.12. The largest absolute Gasteiger partial charge is 0.385 e. The summed E-state index contributed by atoms with van der Waals surface area (Å²) < 4.78 is 27.0. The van der Waals surface area contributed by atoms with Gasteiger partial charge in [-0.25, -0.2) is 13.6 Å². The number of sulfonamides is 1. The average Bonchev–Trinajstić information content (AvgIpc) is 2.75. The number of hydrogen-bond acceptors (Lipinski definition) is 4. The Bertz CT molecular complexity index is 509. The molecule has 7 nitrogen and oxygen atoms in total. The van der Waals surface area contributed by atoms with Gasteiger partial charge in [-0.05, 0) is 19.4 Å². The molecule has 0 radical (unpaired) electrons. The monoisotopic (exact) mass is 275 g/mol. The molecule has 0 aromatic carbocycles. The van der Waals surface area contributed by atoms with E-state index in [1.54, 1.807) is 7.11 Å². The van der Waals surface area contributed by atoms with Crippen LogP contribution in [0.15, 0.2) is 17.2 Å². The molecule has 0 bridgehead atoms. The summed E-state index contributed by atoms with van der Waals surface area (Å²) in [4.78, 5) is 14.2. The van der Waals surface area contributed by atoms with E-state index in [1.165, 1.54) is 12.3 Å². The van der Waals surface area contributed by atoms with Crippen LogP contribution in [0.2, 0.25) is 0 Å². The number of nitrogens with two attached hydrogens (primary N) is 1. The summed E-state index contributed by atoms with van der Waals surface area (Å²) in [7, 11) is -2.21. The molecule has 1 unspecified atom stereocenters. The van der Waals surface area contributed by atoms with Crippen LogP contribution >= 0.6 is 0 Å². The number of aromatic amines is 1. The van der Waals surface area contributed by atoms with Crippen molar-refractivity contribution in [1.82, 2.24) is 10.3 Å². The van der Waals surface area contributed by atoms with Gasteiger partial charge in [-0.2, -0.15) is 0 Å². The highest BCUT2D eigenvalue weighted by Crippen LogP contribution is 2.08. The third-order valence-corrected chi connectivity index (χ3v) is 3.25. The minimum atomic E-state index is -3.79. The zero-order chi connectivity index (χ0) is 13.8. The van der Waals surface area contributed by atoms with Crippen molar-refractivity contribution >= 4 is 15.9 Å². The maximum absolute atomic E-state index is 11.7. The number of ether oxygens (including phenoxy) is 1. The van der Waals surface area contributed by atoms with E-state index in [2.05, 4.69) is 10.3 Å². The molecule has 0 aliphatic rings. The number of aromatic nitrogens is 1. The predicted molar refractivity (Wildman–Crippen MR) is 65.6 cm³/mol. The number of rotatable bonds is 6. The molecule has 0 aliphatic heterocycles. The van der Waals surface area contributed by atoms with Gasteiger partial charge in [0.15, 0.2) is 0 Å². The van der Waals surface area contributed by atoms with Gasteiger partial charge < -0.3 is 15.0 Å². The van der Waals surface area contributed by atoms with Gasteiger partial charge in [0.2, 0.25) is 10.0 Å². The quantitative estimate of drug-likeness (QED) is 0.668. The third kappa shape index (κ3) is 4.13. The Labute approximate surface area is 106 Å².